The van der Waals surface area contributed by atoms with Gasteiger partial charge in [-0.2, -0.15) is 0 Å². The first kappa shape index (κ1) is 32.2. The largest absolute Gasteiger partial charge is 0.463 e. The second-order valence-electron chi connectivity index (χ2n) is 9.89. The van der Waals surface area contributed by atoms with E-state index in [1.165, 1.54) is 6.92 Å². The van der Waals surface area contributed by atoms with Gasteiger partial charge in [-0.3, -0.25) is 24.0 Å². The molecule has 0 unspecified atom stereocenters. The number of hydrogen-bond acceptors (Lipinski definition) is 12. The van der Waals surface area contributed by atoms with Crippen LogP contribution < -0.4 is 4.74 Å². The molecule has 0 aliphatic carbocycles. The molecule has 0 saturated carbocycles. The fourth-order valence-electron chi connectivity index (χ4n) is 4.66. The molecule has 0 amide bonds. The number of carbonyl (C=O) groups is 5. The highest BCUT2D eigenvalue weighted by Gasteiger charge is 2.60. The highest BCUT2D eigenvalue weighted by molar-refractivity contribution is 5.69. The van der Waals surface area contributed by atoms with Crippen molar-refractivity contribution in [2.45, 2.75) is 78.2 Å². The van der Waals surface area contributed by atoms with Crippen molar-refractivity contribution in [1.29, 1.82) is 0 Å². The number of carbonyl (C=O) groups excluding carboxylic acids is 5. The average molecular weight is 587 g/mol. The van der Waals surface area contributed by atoms with Crippen LogP contribution in [0.25, 0.3) is 0 Å². The monoisotopic (exact) mass is 586 g/mol. The maximum atomic E-state index is 12.2. The van der Waals surface area contributed by atoms with Gasteiger partial charge in [-0.05, 0) is 48.2 Å². The van der Waals surface area contributed by atoms with Gasteiger partial charge in [0.05, 0.1) is 0 Å². The van der Waals surface area contributed by atoms with Crippen molar-refractivity contribution in [2.24, 2.45) is 0 Å². The predicted molar refractivity (Wildman–Crippen MR) is 144 cm³/mol. The van der Waals surface area contributed by atoms with Crippen LogP contribution >= 0.6 is 0 Å². The number of aliphatic hydroxyl groups is 1. The van der Waals surface area contributed by atoms with Gasteiger partial charge in [-0.1, -0.05) is 24.3 Å². The third kappa shape index (κ3) is 8.14. The predicted octanol–water partition coefficient (Wildman–Crippen LogP) is 2.41. The van der Waals surface area contributed by atoms with Gasteiger partial charge in [0.15, 0.2) is 12.2 Å². The van der Waals surface area contributed by atoms with Crippen molar-refractivity contribution in [1.82, 2.24) is 0 Å². The quantitative estimate of drug-likeness (QED) is 0.260. The van der Waals surface area contributed by atoms with Crippen molar-refractivity contribution in [3.63, 3.8) is 0 Å². The van der Waals surface area contributed by atoms with Crippen LogP contribution in [-0.4, -0.2) is 66.0 Å². The Morgan fingerprint density at radius 1 is 0.786 bits per heavy atom. The lowest BCUT2D eigenvalue weighted by Gasteiger charge is -2.48. The minimum absolute atomic E-state index is 0.136. The summed E-state index contributed by atoms with van der Waals surface area (Å²) >= 11 is 0. The summed E-state index contributed by atoms with van der Waals surface area (Å²) in [5, 5.41) is 12.1. The molecular formula is C30H34O12. The van der Waals surface area contributed by atoms with Crippen molar-refractivity contribution in [3.8, 4) is 5.75 Å². The fourth-order valence-corrected chi connectivity index (χ4v) is 4.66. The fraction of sp³-hybridized carbons (Fsp3) is 0.433. The Hall–Kier alpha value is -4.29. The van der Waals surface area contributed by atoms with E-state index in [4.69, 9.17) is 28.4 Å². The molecule has 2 aromatic rings. The molecule has 226 valence electrons. The summed E-state index contributed by atoms with van der Waals surface area (Å²) in [4.78, 5) is 59.2. The summed E-state index contributed by atoms with van der Waals surface area (Å²) in [6.45, 7) is 7.16. The first-order valence-corrected chi connectivity index (χ1v) is 13.1. The van der Waals surface area contributed by atoms with Crippen LogP contribution in [-0.2, 0) is 59.9 Å². The maximum Gasteiger partial charge on any atom is 0.308 e. The van der Waals surface area contributed by atoms with Gasteiger partial charge in [0, 0.05) is 40.2 Å². The van der Waals surface area contributed by atoms with E-state index >= 15 is 0 Å². The third-order valence-electron chi connectivity index (χ3n) is 6.40. The lowest BCUT2D eigenvalue weighted by atomic mass is 9.85. The third-order valence-corrected chi connectivity index (χ3v) is 6.40. The zero-order valence-electron chi connectivity index (χ0n) is 24.2. The van der Waals surface area contributed by atoms with Crippen molar-refractivity contribution < 1.29 is 57.5 Å². The van der Waals surface area contributed by atoms with E-state index in [0.29, 0.717) is 12.2 Å². The summed E-state index contributed by atoms with van der Waals surface area (Å²) in [7, 11) is 0. The van der Waals surface area contributed by atoms with Crippen LogP contribution in [0.1, 0.15) is 56.9 Å². The molecule has 0 radical (unpaired) electrons. The number of hydrogen-bond donors (Lipinski definition) is 1. The van der Waals surface area contributed by atoms with E-state index < -0.39 is 66.7 Å². The van der Waals surface area contributed by atoms with Gasteiger partial charge in [0.25, 0.3) is 0 Å². The molecule has 1 saturated heterocycles. The standard InChI is InChI=1S/C30H34O12/c1-16-7-10-24(14-23(16)13-22-8-11-25(12-9-22)38-18(3)32)30(36)29(41-21(6)35)28(40-20(5)34)27(39-19(4)33)26(42-30)15-37-17(2)31/h7-12,14,26-29,36H,13,15H2,1-6H3/t26-,27-,28+,29-,30-/m1/s1. The van der Waals surface area contributed by atoms with Gasteiger partial charge < -0.3 is 33.5 Å². The van der Waals surface area contributed by atoms with Crippen LogP contribution in [0.3, 0.4) is 0 Å². The zero-order valence-corrected chi connectivity index (χ0v) is 24.2. The molecule has 1 aliphatic rings. The molecule has 0 bridgehead atoms. The van der Waals surface area contributed by atoms with Crippen LogP contribution in [0.4, 0.5) is 0 Å². The zero-order chi connectivity index (χ0) is 31.2. The van der Waals surface area contributed by atoms with Crippen LogP contribution in [0, 0.1) is 6.92 Å². The van der Waals surface area contributed by atoms with Crippen LogP contribution in [0.2, 0.25) is 0 Å². The van der Waals surface area contributed by atoms with E-state index in [1.54, 1.807) is 42.5 Å². The minimum Gasteiger partial charge on any atom is -0.463 e. The molecule has 0 aromatic heterocycles. The summed E-state index contributed by atoms with van der Waals surface area (Å²) in [6.07, 6.45) is -5.55. The van der Waals surface area contributed by atoms with Gasteiger partial charge in [-0.25, -0.2) is 0 Å². The van der Waals surface area contributed by atoms with Gasteiger partial charge in [-0.15, -0.1) is 0 Å². The molecule has 0 spiro atoms. The first-order chi connectivity index (χ1) is 19.7. The second-order valence-corrected chi connectivity index (χ2v) is 9.89. The Balaban J connectivity index is 2.09. The Morgan fingerprint density at radius 2 is 1.38 bits per heavy atom. The minimum atomic E-state index is -2.44. The summed E-state index contributed by atoms with van der Waals surface area (Å²) in [5.41, 5.74) is 2.61. The molecule has 12 heteroatoms. The molecule has 1 N–H and O–H groups in total. The molecule has 1 aliphatic heterocycles. The Labute approximate surface area is 242 Å². The average Bonchev–Trinajstić information content (AvgIpc) is 2.88. The van der Waals surface area contributed by atoms with Crippen molar-refractivity contribution in [2.75, 3.05) is 6.61 Å². The second kappa shape index (κ2) is 13.6. The normalized spacial score (nSPS) is 23.3. The van der Waals surface area contributed by atoms with E-state index in [1.807, 2.05) is 6.92 Å². The topological polar surface area (TPSA) is 161 Å². The summed E-state index contributed by atoms with van der Waals surface area (Å²) in [6, 6.07) is 11.8. The Morgan fingerprint density at radius 3 is 1.93 bits per heavy atom. The van der Waals surface area contributed by atoms with Gasteiger partial charge in [0.1, 0.15) is 18.5 Å². The summed E-state index contributed by atoms with van der Waals surface area (Å²) in [5.74, 6) is -5.58. The highest BCUT2D eigenvalue weighted by atomic mass is 16.7. The first-order valence-electron chi connectivity index (χ1n) is 13.1. The molecule has 3 rings (SSSR count). The number of ether oxygens (including phenoxy) is 6. The maximum absolute atomic E-state index is 12.2. The van der Waals surface area contributed by atoms with Crippen molar-refractivity contribution in [3.05, 3.63) is 64.7 Å². The number of aryl methyl sites for hydroxylation is 1. The molecule has 1 heterocycles. The molecule has 2 aromatic carbocycles. The van der Waals surface area contributed by atoms with E-state index in [-0.39, 0.29) is 5.56 Å². The SMILES string of the molecule is CC(=O)OC[C@H]1O[C@](O)(c2ccc(C)c(Cc3ccc(OC(C)=O)cc3)c2)[C@H](OC(C)=O)[C@@H](OC(C)=O)[C@@H]1OC(C)=O. The summed E-state index contributed by atoms with van der Waals surface area (Å²) < 4.78 is 32.5. The van der Waals surface area contributed by atoms with Crippen LogP contribution in [0.15, 0.2) is 42.5 Å². The van der Waals surface area contributed by atoms with Crippen LogP contribution in [0.5, 0.6) is 5.75 Å². The number of rotatable bonds is 9. The highest BCUT2D eigenvalue weighted by Crippen LogP contribution is 2.41. The molecule has 42 heavy (non-hydrogen) atoms. The number of benzene rings is 2. The Bertz CT molecular complexity index is 1330. The van der Waals surface area contributed by atoms with E-state index in [0.717, 1.165) is 44.4 Å². The molecule has 12 nitrogen and oxygen atoms in total. The molecule has 5 atom stereocenters. The van der Waals surface area contributed by atoms with Crippen molar-refractivity contribution >= 4 is 29.8 Å². The Kier molecular flexibility index (Phi) is 10.4. The van der Waals surface area contributed by atoms with E-state index in [2.05, 4.69) is 0 Å². The molecule has 1 fully saturated rings. The van der Waals surface area contributed by atoms with Gasteiger partial charge in [0.2, 0.25) is 11.9 Å². The number of esters is 5. The smallest absolute Gasteiger partial charge is 0.308 e. The lowest BCUT2D eigenvalue weighted by Crippen LogP contribution is -2.66. The van der Waals surface area contributed by atoms with Gasteiger partial charge >= 0.3 is 29.8 Å². The van der Waals surface area contributed by atoms with E-state index in [9.17, 15) is 29.1 Å². The molecular weight excluding hydrogens is 552 g/mol. The lowest BCUT2D eigenvalue weighted by molar-refractivity contribution is -0.360.